The lowest BCUT2D eigenvalue weighted by Crippen LogP contribution is -2.24. The van der Waals surface area contributed by atoms with Crippen LogP contribution in [0.1, 0.15) is 28.4 Å². The number of esters is 1. The van der Waals surface area contributed by atoms with E-state index < -0.39 is 5.97 Å². The Morgan fingerprint density at radius 2 is 1.58 bits per heavy atom. The van der Waals surface area contributed by atoms with Crippen LogP contribution in [-0.2, 0) is 22.6 Å². The Morgan fingerprint density at radius 3 is 2.26 bits per heavy atom. The smallest absolute Gasteiger partial charge is 0.308 e. The number of halogens is 1. The molecule has 0 aliphatic heterocycles. The molecule has 0 heterocycles. The molecule has 0 aliphatic rings. The molecule has 0 unspecified atom stereocenters. The fourth-order valence-corrected chi connectivity index (χ4v) is 2.95. The molecule has 6 nitrogen and oxygen atoms in total. The molecule has 0 saturated heterocycles. The van der Waals surface area contributed by atoms with Gasteiger partial charge < -0.3 is 15.4 Å². The lowest BCUT2D eigenvalue weighted by molar-refractivity contribution is -0.131. The highest BCUT2D eigenvalue weighted by atomic mass is 35.5. The van der Waals surface area contributed by atoms with Crippen LogP contribution in [0.15, 0.2) is 72.8 Å². The van der Waals surface area contributed by atoms with E-state index in [9.17, 15) is 14.4 Å². The van der Waals surface area contributed by atoms with Crippen LogP contribution in [0.2, 0.25) is 5.02 Å². The molecule has 0 aromatic heterocycles. The number of anilines is 1. The zero-order chi connectivity index (χ0) is 22.2. The second-order valence-corrected chi connectivity index (χ2v) is 7.29. The third kappa shape index (κ3) is 6.97. The third-order valence-electron chi connectivity index (χ3n) is 4.34. The molecule has 0 aliphatic carbocycles. The van der Waals surface area contributed by atoms with E-state index in [4.69, 9.17) is 16.3 Å². The standard InChI is InChI=1S/C24H21ClN2O4/c1-16(28)31-22-4-2-3-19(14-22)24(30)27-21-11-7-18(8-12-21)15-26-23(29)13-17-5-9-20(25)10-6-17/h2-12,14H,13,15H2,1H3,(H,26,29)(H,27,30). The minimum absolute atomic E-state index is 0.0904. The predicted octanol–water partition coefficient (Wildman–Crippen LogP) is 4.38. The number of carbonyl (C=O) groups is 3. The highest BCUT2D eigenvalue weighted by Gasteiger charge is 2.09. The molecule has 0 spiro atoms. The number of carbonyl (C=O) groups excluding carboxylic acids is 3. The van der Waals surface area contributed by atoms with Gasteiger partial charge in [-0.25, -0.2) is 0 Å². The van der Waals surface area contributed by atoms with Gasteiger partial charge in [-0.1, -0.05) is 41.9 Å². The molecule has 0 radical (unpaired) electrons. The highest BCUT2D eigenvalue weighted by Crippen LogP contribution is 2.16. The summed E-state index contributed by atoms with van der Waals surface area (Å²) in [7, 11) is 0. The summed E-state index contributed by atoms with van der Waals surface area (Å²) in [6.45, 7) is 1.68. The molecule has 0 saturated carbocycles. The summed E-state index contributed by atoms with van der Waals surface area (Å²) in [6.07, 6.45) is 0.276. The van der Waals surface area contributed by atoms with Crippen molar-refractivity contribution < 1.29 is 19.1 Å². The number of amides is 2. The van der Waals surface area contributed by atoms with Crippen LogP contribution in [-0.4, -0.2) is 17.8 Å². The zero-order valence-corrected chi connectivity index (χ0v) is 17.6. The van der Waals surface area contributed by atoms with Gasteiger partial charge in [0, 0.05) is 29.7 Å². The summed E-state index contributed by atoms with van der Waals surface area (Å²) in [5.74, 6) is -0.552. The van der Waals surface area contributed by atoms with Crippen LogP contribution < -0.4 is 15.4 Å². The van der Waals surface area contributed by atoms with Gasteiger partial charge in [-0.15, -0.1) is 0 Å². The summed E-state index contributed by atoms with van der Waals surface area (Å²) in [5.41, 5.74) is 2.77. The molecular weight excluding hydrogens is 416 g/mol. The Balaban J connectivity index is 1.51. The van der Waals surface area contributed by atoms with Crippen LogP contribution in [0.5, 0.6) is 5.75 Å². The fourth-order valence-electron chi connectivity index (χ4n) is 2.83. The van der Waals surface area contributed by atoms with Crippen molar-refractivity contribution in [3.05, 3.63) is 94.5 Å². The van der Waals surface area contributed by atoms with Crippen LogP contribution in [0, 0.1) is 0 Å². The molecule has 3 rings (SSSR count). The Bertz CT molecular complexity index is 1080. The van der Waals surface area contributed by atoms with Crippen molar-refractivity contribution in [3.63, 3.8) is 0 Å². The summed E-state index contributed by atoms with van der Waals surface area (Å²) >= 11 is 5.85. The molecule has 0 bridgehead atoms. The van der Waals surface area contributed by atoms with Gasteiger partial charge >= 0.3 is 5.97 Å². The average Bonchev–Trinajstić information content (AvgIpc) is 2.74. The molecule has 0 fully saturated rings. The molecule has 2 N–H and O–H groups in total. The van der Waals surface area contributed by atoms with Crippen molar-refractivity contribution in [3.8, 4) is 5.75 Å². The Hall–Kier alpha value is -3.64. The first-order valence-corrected chi connectivity index (χ1v) is 9.97. The molecule has 7 heteroatoms. The van der Waals surface area contributed by atoms with E-state index >= 15 is 0 Å². The van der Waals surface area contributed by atoms with Crippen molar-refractivity contribution >= 4 is 35.1 Å². The van der Waals surface area contributed by atoms with Gasteiger partial charge in [0.25, 0.3) is 5.91 Å². The van der Waals surface area contributed by atoms with Crippen molar-refractivity contribution in [1.82, 2.24) is 5.32 Å². The van der Waals surface area contributed by atoms with Crippen molar-refractivity contribution in [2.45, 2.75) is 19.9 Å². The second-order valence-electron chi connectivity index (χ2n) is 6.85. The second kappa shape index (κ2) is 10.4. The van der Waals surface area contributed by atoms with E-state index in [1.165, 1.54) is 13.0 Å². The van der Waals surface area contributed by atoms with E-state index in [2.05, 4.69) is 10.6 Å². The molecule has 3 aromatic carbocycles. The maximum Gasteiger partial charge on any atom is 0.308 e. The van der Waals surface area contributed by atoms with E-state index in [1.54, 1.807) is 42.5 Å². The van der Waals surface area contributed by atoms with E-state index in [0.29, 0.717) is 28.6 Å². The number of benzene rings is 3. The molecule has 31 heavy (non-hydrogen) atoms. The lowest BCUT2D eigenvalue weighted by Gasteiger charge is -2.09. The zero-order valence-electron chi connectivity index (χ0n) is 16.9. The minimum atomic E-state index is -0.451. The Kier molecular flexibility index (Phi) is 7.40. The van der Waals surface area contributed by atoms with Gasteiger partial charge in [0.1, 0.15) is 5.75 Å². The van der Waals surface area contributed by atoms with E-state index in [-0.39, 0.29) is 18.2 Å². The maximum absolute atomic E-state index is 12.4. The normalized spacial score (nSPS) is 10.3. The first-order valence-electron chi connectivity index (χ1n) is 9.59. The van der Waals surface area contributed by atoms with Crippen LogP contribution in [0.4, 0.5) is 5.69 Å². The van der Waals surface area contributed by atoms with Gasteiger partial charge in [0.05, 0.1) is 6.42 Å². The number of hydrogen-bond acceptors (Lipinski definition) is 4. The number of nitrogens with one attached hydrogen (secondary N) is 2. The topological polar surface area (TPSA) is 84.5 Å². The van der Waals surface area contributed by atoms with E-state index in [0.717, 1.165) is 11.1 Å². The van der Waals surface area contributed by atoms with Crippen LogP contribution in [0.25, 0.3) is 0 Å². The van der Waals surface area contributed by atoms with Crippen molar-refractivity contribution in [2.75, 3.05) is 5.32 Å². The number of hydrogen-bond donors (Lipinski definition) is 2. The lowest BCUT2D eigenvalue weighted by atomic mass is 10.1. The predicted molar refractivity (Wildman–Crippen MR) is 119 cm³/mol. The van der Waals surface area contributed by atoms with Crippen LogP contribution >= 0.6 is 11.6 Å². The average molecular weight is 437 g/mol. The van der Waals surface area contributed by atoms with Gasteiger partial charge in [0.2, 0.25) is 5.91 Å². The summed E-state index contributed by atoms with van der Waals surface area (Å²) in [5, 5.41) is 6.29. The summed E-state index contributed by atoms with van der Waals surface area (Å²) < 4.78 is 5.00. The molecular formula is C24H21ClN2O4. The largest absolute Gasteiger partial charge is 0.427 e. The Labute approximate surface area is 185 Å². The Morgan fingerprint density at radius 1 is 0.903 bits per heavy atom. The molecule has 0 atom stereocenters. The molecule has 3 aromatic rings. The minimum Gasteiger partial charge on any atom is -0.427 e. The first-order chi connectivity index (χ1) is 14.9. The van der Waals surface area contributed by atoms with Crippen LogP contribution in [0.3, 0.4) is 0 Å². The third-order valence-corrected chi connectivity index (χ3v) is 4.59. The van der Waals surface area contributed by atoms with Gasteiger partial charge in [-0.2, -0.15) is 0 Å². The van der Waals surface area contributed by atoms with Gasteiger partial charge in [0.15, 0.2) is 0 Å². The number of ether oxygens (including phenoxy) is 1. The number of rotatable bonds is 7. The fraction of sp³-hybridized carbons (Fsp3) is 0.125. The van der Waals surface area contributed by atoms with Crippen molar-refractivity contribution in [1.29, 1.82) is 0 Å². The molecule has 158 valence electrons. The SMILES string of the molecule is CC(=O)Oc1cccc(C(=O)Nc2ccc(CNC(=O)Cc3ccc(Cl)cc3)cc2)c1. The van der Waals surface area contributed by atoms with Gasteiger partial charge in [-0.05, 0) is 53.6 Å². The van der Waals surface area contributed by atoms with Crippen molar-refractivity contribution in [2.24, 2.45) is 0 Å². The molecule has 2 amide bonds. The highest BCUT2D eigenvalue weighted by molar-refractivity contribution is 6.30. The summed E-state index contributed by atoms with van der Waals surface area (Å²) in [4.78, 5) is 35.6. The monoisotopic (exact) mass is 436 g/mol. The van der Waals surface area contributed by atoms with E-state index in [1.807, 2.05) is 24.3 Å². The first kappa shape index (κ1) is 22.1. The summed E-state index contributed by atoms with van der Waals surface area (Å²) in [6, 6.07) is 20.7. The maximum atomic E-state index is 12.4. The van der Waals surface area contributed by atoms with Gasteiger partial charge in [-0.3, -0.25) is 14.4 Å². The quantitative estimate of drug-likeness (QED) is 0.425.